The maximum absolute atomic E-state index is 12.0. The summed E-state index contributed by atoms with van der Waals surface area (Å²) in [5.74, 6) is -0.788. The molecule has 0 radical (unpaired) electrons. The number of fused-ring (bicyclic) bond motifs is 1. The third-order valence-corrected chi connectivity index (χ3v) is 4.26. The Morgan fingerprint density at radius 2 is 2.00 bits per heavy atom. The Labute approximate surface area is 129 Å². The minimum Gasteiger partial charge on any atom is -0.454 e. The molecule has 106 valence electrons. The van der Waals surface area contributed by atoms with Gasteiger partial charge in [0.05, 0.1) is 14.8 Å². The van der Waals surface area contributed by atoms with E-state index < -0.39 is 5.97 Å². The Morgan fingerprint density at radius 3 is 2.76 bits per heavy atom. The fraction of sp³-hybridized carbons (Fsp3) is 0.0667. The third-order valence-electron chi connectivity index (χ3n) is 2.99. The molecular formula is C15H10ClNO3S. The molecule has 0 aliphatic heterocycles. The maximum Gasteiger partial charge on any atom is 0.340 e. The van der Waals surface area contributed by atoms with E-state index >= 15 is 0 Å². The van der Waals surface area contributed by atoms with Crippen LogP contribution in [-0.2, 0) is 4.74 Å². The van der Waals surface area contributed by atoms with Crippen molar-refractivity contribution in [1.82, 2.24) is 4.98 Å². The van der Waals surface area contributed by atoms with Gasteiger partial charge in [0.2, 0.25) is 5.78 Å². The first kappa shape index (κ1) is 13.9. The zero-order valence-corrected chi connectivity index (χ0v) is 12.3. The number of hydrogen-bond acceptors (Lipinski definition) is 4. The number of carbonyl (C=O) groups excluding carboxylic acids is 2. The minimum atomic E-state index is -0.525. The molecular weight excluding hydrogens is 310 g/mol. The molecule has 0 unspecified atom stereocenters. The summed E-state index contributed by atoms with van der Waals surface area (Å²) in [7, 11) is 0. The molecule has 0 aliphatic rings. The van der Waals surface area contributed by atoms with Crippen LogP contribution in [0.2, 0.25) is 4.34 Å². The first-order valence-corrected chi connectivity index (χ1v) is 7.36. The largest absolute Gasteiger partial charge is 0.454 e. The molecule has 0 saturated carbocycles. The zero-order chi connectivity index (χ0) is 14.8. The number of Topliss-reactive ketones (excluding diaryl/α,β-unsaturated/α-hetero) is 1. The fourth-order valence-corrected chi connectivity index (χ4v) is 2.95. The first-order valence-electron chi connectivity index (χ1n) is 6.17. The molecule has 0 fully saturated rings. The molecule has 0 spiro atoms. The average molecular weight is 320 g/mol. The van der Waals surface area contributed by atoms with Gasteiger partial charge >= 0.3 is 5.97 Å². The van der Waals surface area contributed by atoms with Crippen molar-refractivity contribution in [2.45, 2.75) is 0 Å². The van der Waals surface area contributed by atoms with Crippen LogP contribution in [-0.4, -0.2) is 23.3 Å². The Bertz CT molecular complexity index is 821. The van der Waals surface area contributed by atoms with Gasteiger partial charge in [0.15, 0.2) is 6.61 Å². The minimum absolute atomic E-state index is 0.264. The van der Waals surface area contributed by atoms with Crippen molar-refractivity contribution in [3.63, 3.8) is 0 Å². The van der Waals surface area contributed by atoms with Crippen LogP contribution in [0.5, 0.6) is 0 Å². The molecule has 6 heteroatoms. The number of carbonyl (C=O) groups is 2. The van der Waals surface area contributed by atoms with Gasteiger partial charge in [-0.1, -0.05) is 29.8 Å². The Hall–Kier alpha value is -2.11. The number of H-pyrrole nitrogens is 1. The Balaban J connectivity index is 1.71. The van der Waals surface area contributed by atoms with Crippen molar-refractivity contribution >= 4 is 45.6 Å². The quantitative estimate of drug-likeness (QED) is 0.585. The van der Waals surface area contributed by atoms with E-state index in [1.54, 1.807) is 18.3 Å². The van der Waals surface area contributed by atoms with Gasteiger partial charge in [-0.3, -0.25) is 4.79 Å². The second-order valence-corrected chi connectivity index (χ2v) is 6.07. The Kier molecular flexibility index (Phi) is 3.77. The summed E-state index contributed by atoms with van der Waals surface area (Å²) in [6.45, 7) is -0.296. The summed E-state index contributed by atoms with van der Waals surface area (Å²) in [6, 6.07) is 10.7. The number of para-hydroxylation sites is 1. The molecule has 0 atom stereocenters. The number of esters is 1. The Morgan fingerprint density at radius 1 is 1.19 bits per heavy atom. The van der Waals surface area contributed by atoms with Crippen LogP contribution >= 0.6 is 22.9 Å². The van der Waals surface area contributed by atoms with Crippen molar-refractivity contribution in [2.75, 3.05) is 6.61 Å². The smallest absolute Gasteiger partial charge is 0.340 e. The van der Waals surface area contributed by atoms with E-state index in [1.807, 2.05) is 24.3 Å². The number of thiophene rings is 1. The van der Waals surface area contributed by atoms with Crippen molar-refractivity contribution in [3.8, 4) is 0 Å². The summed E-state index contributed by atoms with van der Waals surface area (Å²) in [5, 5.41) is 0.772. The molecule has 3 rings (SSSR count). The van der Waals surface area contributed by atoms with Gasteiger partial charge < -0.3 is 9.72 Å². The number of aromatic amines is 1. The van der Waals surface area contributed by atoms with Crippen LogP contribution < -0.4 is 0 Å². The van der Waals surface area contributed by atoms with Crippen molar-refractivity contribution in [2.24, 2.45) is 0 Å². The van der Waals surface area contributed by atoms with Gasteiger partial charge in [0.1, 0.15) is 0 Å². The number of ketones is 1. The highest BCUT2D eigenvalue weighted by atomic mass is 35.5. The van der Waals surface area contributed by atoms with E-state index in [4.69, 9.17) is 16.3 Å². The molecule has 2 aromatic heterocycles. The monoisotopic (exact) mass is 319 g/mol. The predicted octanol–water partition coefficient (Wildman–Crippen LogP) is 3.92. The molecule has 2 heterocycles. The lowest BCUT2D eigenvalue weighted by atomic mass is 10.2. The SMILES string of the molecule is O=C(COC(=O)c1c[nH]c2ccccc12)c1ccc(Cl)s1. The van der Waals surface area contributed by atoms with Gasteiger partial charge in [-0.15, -0.1) is 11.3 Å². The molecule has 1 N–H and O–H groups in total. The highest BCUT2D eigenvalue weighted by Crippen LogP contribution is 2.22. The number of benzene rings is 1. The maximum atomic E-state index is 12.0. The van der Waals surface area contributed by atoms with Crippen LogP contribution in [0.4, 0.5) is 0 Å². The fourth-order valence-electron chi connectivity index (χ4n) is 1.98. The number of nitrogens with one attached hydrogen (secondary N) is 1. The molecule has 21 heavy (non-hydrogen) atoms. The standard InChI is InChI=1S/C15H10ClNO3S/c16-14-6-5-13(21-14)12(18)8-20-15(19)10-7-17-11-4-2-1-3-9(10)11/h1-7,17H,8H2. The summed E-state index contributed by atoms with van der Waals surface area (Å²) in [6.07, 6.45) is 1.58. The van der Waals surface area contributed by atoms with Gasteiger partial charge in [0, 0.05) is 17.1 Å². The van der Waals surface area contributed by atoms with Crippen LogP contribution in [0, 0.1) is 0 Å². The van der Waals surface area contributed by atoms with Crippen molar-refractivity contribution in [1.29, 1.82) is 0 Å². The number of rotatable bonds is 4. The summed E-state index contributed by atoms with van der Waals surface area (Å²) < 4.78 is 5.60. The van der Waals surface area contributed by atoms with Crippen LogP contribution in [0.1, 0.15) is 20.0 Å². The van der Waals surface area contributed by atoms with Crippen molar-refractivity contribution in [3.05, 3.63) is 57.4 Å². The van der Waals surface area contributed by atoms with Gasteiger partial charge in [-0.25, -0.2) is 4.79 Å². The van der Waals surface area contributed by atoms with E-state index in [-0.39, 0.29) is 12.4 Å². The summed E-state index contributed by atoms with van der Waals surface area (Å²) in [5.41, 5.74) is 1.27. The lowest BCUT2D eigenvalue weighted by molar-refractivity contribution is 0.0478. The highest BCUT2D eigenvalue weighted by Gasteiger charge is 2.16. The molecule has 3 aromatic rings. The lowest BCUT2D eigenvalue weighted by Gasteiger charge is -2.02. The normalized spacial score (nSPS) is 10.7. The zero-order valence-electron chi connectivity index (χ0n) is 10.8. The van der Waals surface area contributed by atoms with Gasteiger partial charge in [0.25, 0.3) is 0 Å². The van der Waals surface area contributed by atoms with E-state index in [0.29, 0.717) is 14.8 Å². The van der Waals surface area contributed by atoms with Crippen LogP contribution in [0.15, 0.2) is 42.6 Å². The van der Waals surface area contributed by atoms with Crippen molar-refractivity contribution < 1.29 is 14.3 Å². The molecule has 0 bridgehead atoms. The van der Waals surface area contributed by atoms with Crippen LogP contribution in [0.3, 0.4) is 0 Å². The van der Waals surface area contributed by atoms with E-state index in [0.717, 1.165) is 10.9 Å². The number of aromatic nitrogens is 1. The first-order chi connectivity index (χ1) is 10.1. The predicted molar refractivity (Wildman–Crippen MR) is 82.2 cm³/mol. The second kappa shape index (κ2) is 5.71. The van der Waals surface area contributed by atoms with Crippen LogP contribution in [0.25, 0.3) is 10.9 Å². The van der Waals surface area contributed by atoms with Gasteiger partial charge in [-0.05, 0) is 18.2 Å². The number of hydrogen-bond donors (Lipinski definition) is 1. The lowest BCUT2D eigenvalue weighted by Crippen LogP contribution is -2.13. The van der Waals surface area contributed by atoms with Gasteiger partial charge in [-0.2, -0.15) is 0 Å². The van der Waals surface area contributed by atoms with E-state index in [9.17, 15) is 9.59 Å². The third kappa shape index (κ3) is 2.84. The second-order valence-electron chi connectivity index (χ2n) is 4.35. The average Bonchev–Trinajstić information content (AvgIpc) is 3.10. The van der Waals surface area contributed by atoms with E-state index in [2.05, 4.69) is 4.98 Å². The summed E-state index contributed by atoms with van der Waals surface area (Å²) >= 11 is 6.93. The molecule has 0 amide bonds. The molecule has 0 aliphatic carbocycles. The number of ether oxygens (including phenoxy) is 1. The number of halogens is 1. The molecule has 4 nitrogen and oxygen atoms in total. The summed E-state index contributed by atoms with van der Waals surface area (Å²) in [4.78, 5) is 27.4. The topological polar surface area (TPSA) is 59.2 Å². The molecule has 0 saturated heterocycles. The van der Waals surface area contributed by atoms with E-state index in [1.165, 1.54) is 11.3 Å². The highest BCUT2D eigenvalue weighted by molar-refractivity contribution is 7.18. The molecule has 1 aromatic carbocycles.